The van der Waals surface area contributed by atoms with Gasteiger partial charge in [0, 0.05) is 42.3 Å². The molecule has 0 unspecified atom stereocenters. The van der Waals surface area contributed by atoms with Crippen LogP contribution in [0.4, 0.5) is 10.1 Å². The van der Waals surface area contributed by atoms with Crippen molar-refractivity contribution in [2.75, 3.05) is 24.7 Å². The number of morpholine rings is 1. The summed E-state index contributed by atoms with van der Waals surface area (Å²) in [6.45, 7) is 6.99. The fourth-order valence-electron chi connectivity index (χ4n) is 4.02. The smallest absolute Gasteiger partial charge is 0.226 e. The van der Waals surface area contributed by atoms with Crippen LogP contribution in [0.1, 0.15) is 23.7 Å². The molecule has 1 saturated heterocycles. The molecule has 1 amide bonds. The van der Waals surface area contributed by atoms with Gasteiger partial charge in [0.1, 0.15) is 5.82 Å². The average molecular weight is 468 g/mol. The topological polar surface area (TPSA) is 54.5 Å². The summed E-state index contributed by atoms with van der Waals surface area (Å²) in [6, 6.07) is 17.0. The van der Waals surface area contributed by atoms with E-state index in [4.69, 9.17) is 4.74 Å². The fourth-order valence-corrected chi connectivity index (χ4v) is 4.02. The molecule has 0 saturated carbocycles. The molecular weight excluding hydrogens is 437 g/mol. The normalized spacial score (nSPS) is 15.6. The van der Waals surface area contributed by atoms with Crippen LogP contribution in [-0.2, 0) is 22.5 Å². The first kappa shape index (κ1) is 24.7. The summed E-state index contributed by atoms with van der Waals surface area (Å²) in [6.07, 6.45) is 2.00. The van der Waals surface area contributed by atoms with Gasteiger partial charge in [0.15, 0.2) is 0 Å². The van der Waals surface area contributed by atoms with Crippen LogP contribution in [0.5, 0.6) is 0 Å². The van der Waals surface area contributed by atoms with E-state index in [9.17, 15) is 9.18 Å². The number of aromatic nitrogens is 1. The zero-order valence-corrected chi connectivity index (χ0v) is 20.0. The standard InChI is InChI=1S/C26H28FN3O2.H2S/c1-18-12-24(30-10-11-32-17-19(30)2)8-9-25(18)21-6-7-23(28-16-21)14-26(31)29-15-20-4-3-5-22(27)13-20;/h3-9,12-13,16,19H,10-11,14-15,17H2,1-2H3,(H,29,31);1H2/t19-;/m0./s1. The van der Waals surface area contributed by atoms with Crippen LogP contribution in [-0.4, -0.2) is 36.7 Å². The van der Waals surface area contributed by atoms with Gasteiger partial charge in [0.2, 0.25) is 5.91 Å². The zero-order valence-electron chi connectivity index (χ0n) is 19.0. The van der Waals surface area contributed by atoms with E-state index >= 15 is 0 Å². The van der Waals surface area contributed by atoms with E-state index in [-0.39, 0.29) is 31.6 Å². The Kier molecular flexibility index (Phi) is 8.47. The lowest BCUT2D eigenvalue weighted by atomic mass is 10.00. The highest BCUT2D eigenvalue weighted by atomic mass is 32.1. The largest absolute Gasteiger partial charge is 0.377 e. The molecule has 2 aromatic carbocycles. The fraction of sp³-hybridized carbons (Fsp3) is 0.308. The van der Waals surface area contributed by atoms with Crippen molar-refractivity contribution in [3.05, 3.63) is 83.4 Å². The first-order valence-corrected chi connectivity index (χ1v) is 10.9. The molecule has 1 atom stereocenters. The van der Waals surface area contributed by atoms with Crippen molar-refractivity contribution in [3.8, 4) is 11.1 Å². The Bertz CT molecular complexity index is 1090. The second-order valence-corrected chi connectivity index (χ2v) is 8.24. The predicted octanol–water partition coefficient (Wildman–Crippen LogP) is 4.39. The van der Waals surface area contributed by atoms with E-state index < -0.39 is 0 Å². The lowest BCUT2D eigenvalue weighted by Crippen LogP contribution is -2.43. The third-order valence-corrected chi connectivity index (χ3v) is 5.77. The molecule has 1 aliphatic rings. The van der Waals surface area contributed by atoms with Gasteiger partial charge in [0.25, 0.3) is 0 Å². The average Bonchev–Trinajstić information content (AvgIpc) is 2.79. The van der Waals surface area contributed by atoms with Crippen molar-refractivity contribution in [3.63, 3.8) is 0 Å². The second-order valence-electron chi connectivity index (χ2n) is 8.24. The van der Waals surface area contributed by atoms with E-state index in [1.807, 2.05) is 18.3 Å². The Morgan fingerprint density at radius 1 is 1.21 bits per heavy atom. The van der Waals surface area contributed by atoms with Crippen LogP contribution in [0.2, 0.25) is 0 Å². The molecule has 3 aromatic rings. The minimum absolute atomic E-state index is 0. The monoisotopic (exact) mass is 467 g/mol. The van der Waals surface area contributed by atoms with Gasteiger partial charge in [0.05, 0.1) is 19.6 Å². The van der Waals surface area contributed by atoms with Crippen molar-refractivity contribution in [1.82, 2.24) is 10.3 Å². The molecular formula is C26H30FN3O2S. The van der Waals surface area contributed by atoms with Gasteiger partial charge in [-0.1, -0.05) is 24.3 Å². The number of anilines is 1. The lowest BCUT2D eigenvalue weighted by Gasteiger charge is -2.35. The van der Waals surface area contributed by atoms with Gasteiger partial charge in [-0.2, -0.15) is 13.5 Å². The molecule has 1 fully saturated rings. The van der Waals surface area contributed by atoms with Gasteiger partial charge in [-0.3, -0.25) is 9.78 Å². The van der Waals surface area contributed by atoms with Crippen molar-refractivity contribution in [2.45, 2.75) is 32.9 Å². The predicted molar refractivity (Wildman–Crippen MR) is 134 cm³/mol. The van der Waals surface area contributed by atoms with Crippen molar-refractivity contribution in [2.24, 2.45) is 0 Å². The first-order valence-electron chi connectivity index (χ1n) is 10.9. The summed E-state index contributed by atoms with van der Waals surface area (Å²) in [5.41, 5.74) is 5.97. The maximum Gasteiger partial charge on any atom is 0.226 e. The molecule has 174 valence electrons. The van der Waals surface area contributed by atoms with E-state index in [0.29, 0.717) is 18.3 Å². The molecule has 1 N–H and O–H groups in total. The Morgan fingerprint density at radius 3 is 2.76 bits per heavy atom. The van der Waals surface area contributed by atoms with E-state index in [1.165, 1.54) is 23.4 Å². The molecule has 0 aliphatic carbocycles. The van der Waals surface area contributed by atoms with Gasteiger partial charge >= 0.3 is 0 Å². The van der Waals surface area contributed by atoms with E-state index in [1.54, 1.807) is 12.1 Å². The highest BCUT2D eigenvalue weighted by molar-refractivity contribution is 7.59. The Morgan fingerprint density at radius 2 is 2.06 bits per heavy atom. The molecule has 0 radical (unpaired) electrons. The number of hydrogen-bond acceptors (Lipinski definition) is 4. The minimum Gasteiger partial charge on any atom is -0.377 e. The number of aryl methyl sites for hydroxylation is 1. The summed E-state index contributed by atoms with van der Waals surface area (Å²) in [4.78, 5) is 19.1. The number of nitrogens with one attached hydrogen (secondary N) is 1. The molecule has 0 spiro atoms. The summed E-state index contributed by atoms with van der Waals surface area (Å²) < 4.78 is 18.8. The van der Waals surface area contributed by atoms with Gasteiger partial charge in [-0.15, -0.1) is 0 Å². The third kappa shape index (κ3) is 6.33. The highest BCUT2D eigenvalue weighted by Crippen LogP contribution is 2.28. The maximum atomic E-state index is 13.2. The van der Waals surface area contributed by atoms with Crippen molar-refractivity contribution >= 4 is 25.1 Å². The van der Waals surface area contributed by atoms with Gasteiger partial charge < -0.3 is 15.0 Å². The number of amides is 1. The molecule has 7 heteroatoms. The molecule has 1 aliphatic heterocycles. The summed E-state index contributed by atoms with van der Waals surface area (Å²) >= 11 is 0. The van der Waals surface area contributed by atoms with Crippen LogP contribution in [0, 0.1) is 12.7 Å². The van der Waals surface area contributed by atoms with E-state index in [0.717, 1.165) is 36.4 Å². The number of benzene rings is 2. The molecule has 33 heavy (non-hydrogen) atoms. The number of ether oxygens (including phenoxy) is 1. The Hall–Kier alpha value is -2.90. The zero-order chi connectivity index (χ0) is 22.5. The number of carbonyl (C=O) groups is 1. The number of hydrogen-bond donors (Lipinski definition) is 1. The number of pyridine rings is 1. The van der Waals surface area contributed by atoms with Crippen LogP contribution < -0.4 is 10.2 Å². The van der Waals surface area contributed by atoms with Crippen LogP contribution in [0.25, 0.3) is 11.1 Å². The number of nitrogens with zero attached hydrogens (tertiary/aromatic N) is 2. The summed E-state index contributed by atoms with van der Waals surface area (Å²) in [5.74, 6) is -0.452. The summed E-state index contributed by atoms with van der Waals surface area (Å²) in [7, 11) is 0. The number of carbonyl (C=O) groups excluding carboxylic acids is 1. The Labute approximate surface area is 201 Å². The van der Waals surface area contributed by atoms with Gasteiger partial charge in [-0.05, 0) is 60.9 Å². The number of halogens is 1. The SMILES string of the molecule is Cc1cc(N2CCOC[C@@H]2C)ccc1-c1ccc(CC(=O)NCc2cccc(F)c2)nc1.S. The molecule has 2 heterocycles. The van der Waals surface area contributed by atoms with Crippen LogP contribution in [0.15, 0.2) is 60.8 Å². The summed E-state index contributed by atoms with van der Waals surface area (Å²) in [5, 5.41) is 2.81. The molecule has 4 rings (SSSR count). The lowest BCUT2D eigenvalue weighted by molar-refractivity contribution is -0.120. The van der Waals surface area contributed by atoms with Crippen molar-refractivity contribution in [1.29, 1.82) is 0 Å². The number of rotatable bonds is 6. The minimum atomic E-state index is -0.309. The second kappa shape index (κ2) is 11.3. The van der Waals surface area contributed by atoms with E-state index in [2.05, 4.69) is 47.2 Å². The van der Waals surface area contributed by atoms with Gasteiger partial charge in [-0.25, -0.2) is 4.39 Å². The highest BCUT2D eigenvalue weighted by Gasteiger charge is 2.19. The third-order valence-electron chi connectivity index (χ3n) is 5.77. The quantitative estimate of drug-likeness (QED) is 0.584. The molecule has 1 aromatic heterocycles. The van der Waals surface area contributed by atoms with Crippen LogP contribution >= 0.6 is 13.5 Å². The molecule has 0 bridgehead atoms. The Balaban J connectivity index is 0.00000306. The van der Waals surface area contributed by atoms with Crippen LogP contribution in [0.3, 0.4) is 0 Å². The van der Waals surface area contributed by atoms with Crippen molar-refractivity contribution < 1.29 is 13.9 Å². The molecule has 5 nitrogen and oxygen atoms in total. The first-order chi connectivity index (χ1) is 15.5. The maximum absolute atomic E-state index is 13.2.